The minimum Gasteiger partial charge on any atom is -0.206 e. The van der Waals surface area contributed by atoms with Crippen molar-refractivity contribution in [1.82, 2.24) is 0 Å². The van der Waals surface area contributed by atoms with Crippen LogP contribution in [0.15, 0.2) is 12.1 Å². The van der Waals surface area contributed by atoms with E-state index < -0.39 is 29.6 Å². The van der Waals surface area contributed by atoms with Crippen LogP contribution in [-0.2, 0) is 12.3 Å². The van der Waals surface area contributed by atoms with Crippen LogP contribution < -0.4 is 0 Å². The zero-order valence-corrected chi connectivity index (χ0v) is 13.9. The molecular formula is C19H23F5. The number of hydrogen-bond acceptors (Lipinski definition) is 0. The molecule has 0 unspecified atom stereocenters. The summed E-state index contributed by atoms with van der Waals surface area (Å²) in [4.78, 5) is 0. The maximum atomic E-state index is 14.3. The molecule has 1 saturated carbocycles. The molecule has 24 heavy (non-hydrogen) atoms. The molecule has 0 radical (unpaired) electrons. The molecule has 0 heterocycles. The van der Waals surface area contributed by atoms with Gasteiger partial charge in [0, 0.05) is 6.42 Å². The molecule has 3 rings (SSSR count). The lowest BCUT2D eigenvalue weighted by molar-refractivity contribution is -0.226. The lowest BCUT2D eigenvalue weighted by Crippen LogP contribution is -2.43. The number of hydrogen-bond donors (Lipinski definition) is 0. The Kier molecular flexibility index (Phi) is 4.65. The van der Waals surface area contributed by atoms with Gasteiger partial charge >= 0.3 is 11.8 Å². The van der Waals surface area contributed by atoms with Crippen molar-refractivity contribution in [3.63, 3.8) is 0 Å². The summed E-state index contributed by atoms with van der Waals surface area (Å²) in [6.45, 7) is 2.15. The Hall–Kier alpha value is -1.13. The van der Waals surface area contributed by atoms with Gasteiger partial charge in [-0.25, -0.2) is 4.39 Å². The minimum atomic E-state index is -4.43. The number of alkyl halides is 4. The standard InChI is InChI=1S/C19H23F5/c1-2-3-12-4-6-13(7-5-12)15-10-14-8-9-18(21,22)19(23,24)17(14)16(20)11-15/h10-13H,2-9H2,1H3. The average molecular weight is 346 g/mol. The summed E-state index contributed by atoms with van der Waals surface area (Å²) in [6, 6.07) is 2.62. The molecule has 1 aromatic rings. The SMILES string of the molecule is CCCC1CCC(c2cc(F)c3c(c2)CCC(F)(F)C3(F)F)CC1. The molecule has 0 saturated heterocycles. The first-order chi connectivity index (χ1) is 11.3. The number of halogens is 5. The topological polar surface area (TPSA) is 0 Å². The van der Waals surface area contributed by atoms with Gasteiger partial charge in [-0.3, -0.25) is 0 Å². The van der Waals surface area contributed by atoms with Crippen LogP contribution in [0.2, 0.25) is 0 Å². The smallest absolute Gasteiger partial charge is 0.206 e. The van der Waals surface area contributed by atoms with Crippen molar-refractivity contribution in [3.05, 3.63) is 34.6 Å². The third kappa shape index (κ3) is 2.95. The van der Waals surface area contributed by atoms with Crippen LogP contribution >= 0.6 is 0 Å². The van der Waals surface area contributed by atoms with Gasteiger partial charge in [-0.2, -0.15) is 17.6 Å². The van der Waals surface area contributed by atoms with Gasteiger partial charge in [-0.05, 0) is 61.1 Å². The summed E-state index contributed by atoms with van der Waals surface area (Å²) in [6.07, 6.45) is 5.15. The van der Waals surface area contributed by atoms with Crippen molar-refractivity contribution in [3.8, 4) is 0 Å². The van der Waals surface area contributed by atoms with E-state index in [1.165, 1.54) is 6.42 Å². The fraction of sp³-hybridized carbons (Fsp3) is 0.684. The van der Waals surface area contributed by atoms with Crippen molar-refractivity contribution in [2.75, 3.05) is 0 Å². The number of fused-ring (bicyclic) bond motifs is 1. The van der Waals surface area contributed by atoms with Gasteiger partial charge in [0.05, 0.1) is 5.56 Å². The zero-order chi connectivity index (χ0) is 17.5. The van der Waals surface area contributed by atoms with Crippen LogP contribution in [0.5, 0.6) is 0 Å². The summed E-state index contributed by atoms with van der Waals surface area (Å²) in [5.41, 5.74) is -0.346. The lowest BCUT2D eigenvalue weighted by Gasteiger charge is -2.34. The van der Waals surface area contributed by atoms with E-state index >= 15 is 0 Å². The second-order valence-electron chi connectivity index (χ2n) is 7.32. The third-order valence-electron chi connectivity index (χ3n) is 5.69. The van der Waals surface area contributed by atoms with E-state index in [-0.39, 0.29) is 17.9 Å². The second kappa shape index (κ2) is 6.30. The van der Waals surface area contributed by atoms with Crippen LogP contribution in [0.4, 0.5) is 22.0 Å². The van der Waals surface area contributed by atoms with Gasteiger partial charge < -0.3 is 0 Å². The first-order valence-corrected chi connectivity index (χ1v) is 8.84. The molecule has 1 aromatic carbocycles. The molecule has 0 spiro atoms. The van der Waals surface area contributed by atoms with Gasteiger partial charge in [0.15, 0.2) is 0 Å². The van der Waals surface area contributed by atoms with Crippen LogP contribution in [0, 0.1) is 11.7 Å². The molecule has 134 valence electrons. The van der Waals surface area contributed by atoms with Crippen LogP contribution in [0.3, 0.4) is 0 Å². The summed E-state index contributed by atoms with van der Waals surface area (Å²) in [5, 5.41) is 0. The molecule has 0 nitrogen and oxygen atoms in total. The summed E-state index contributed by atoms with van der Waals surface area (Å²) in [5.74, 6) is -8.95. The largest absolute Gasteiger partial charge is 0.338 e. The van der Waals surface area contributed by atoms with E-state index in [2.05, 4.69) is 6.92 Å². The minimum absolute atomic E-state index is 0.0524. The molecule has 0 N–H and O–H groups in total. The quantitative estimate of drug-likeness (QED) is 0.543. The molecule has 2 aliphatic rings. The van der Waals surface area contributed by atoms with Gasteiger partial charge in [0.2, 0.25) is 0 Å². The second-order valence-corrected chi connectivity index (χ2v) is 7.32. The van der Waals surface area contributed by atoms with Crippen LogP contribution in [-0.4, -0.2) is 5.92 Å². The number of aryl methyl sites for hydroxylation is 1. The van der Waals surface area contributed by atoms with E-state index in [0.717, 1.165) is 38.2 Å². The van der Waals surface area contributed by atoms with Crippen LogP contribution in [0.1, 0.15) is 74.5 Å². The zero-order valence-electron chi connectivity index (χ0n) is 13.9. The highest BCUT2D eigenvalue weighted by atomic mass is 19.3. The highest BCUT2D eigenvalue weighted by Crippen LogP contribution is 2.52. The van der Waals surface area contributed by atoms with E-state index in [0.29, 0.717) is 11.5 Å². The summed E-state index contributed by atoms with van der Waals surface area (Å²) < 4.78 is 69.2. The first-order valence-electron chi connectivity index (χ1n) is 8.84. The first kappa shape index (κ1) is 17.7. The molecule has 2 aliphatic carbocycles. The molecule has 1 fully saturated rings. The van der Waals surface area contributed by atoms with Crippen molar-refractivity contribution >= 4 is 0 Å². The van der Waals surface area contributed by atoms with E-state index in [1.54, 1.807) is 6.07 Å². The maximum absolute atomic E-state index is 14.3. The van der Waals surface area contributed by atoms with Gasteiger partial charge in [-0.15, -0.1) is 0 Å². The van der Waals surface area contributed by atoms with E-state index in [1.807, 2.05) is 0 Å². The van der Waals surface area contributed by atoms with Crippen molar-refractivity contribution < 1.29 is 22.0 Å². The highest BCUT2D eigenvalue weighted by molar-refractivity contribution is 5.41. The predicted molar refractivity (Wildman–Crippen MR) is 83.2 cm³/mol. The lowest BCUT2D eigenvalue weighted by atomic mass is 9.75. The Labute approximate surface area is 139 Å². The predicted octanol–water partition coefficient (Wildman–Crippen LogP) is 6.57. The third-order valence-corrected chi connectivity index (χ3v) is 5.69. The average Bonchev–Trinajstić information content (AvgIpc) is 2.52. The fourth-order valence-electron chi connectivity index (χ4n) is 4.30. The Morgan fingerprint density at radius 2 is 1.71 bits per heavy atom. The Morgan fingerprint density at radius 3 is 2.33 bits per heavy atom. The van der Waals surface area contributed by atoms with Crippen molar-refractivity contribution in [2.45, 2.75) is 76.1 Å². The van der Waals surface area contributed by atoms with E-state index in [4.69, 9.17) is 0 Å². The maximum Gasteiger partial charge on any atom is 0.338 e. The van der Waals surface area contributed by atoms with Crippen LogP contribution in [0.25, 0.3) is 0 Å². The Morgan fingerprint density at radius 1 is 1.04 bits per heavy atom. The molecule has 0 aromatic heterocycles. The monoisotopic (exact) mass is 346 g/mol. The Bertz CT molecular complexity index is 600. The molecule has 0 atom stereocenters. The molecule has 0 amide bonds. The fourth-order valence-corrected chi connectivity index (χ4v) is 4.30. The van der Waals surface area contributed by atoms with Gasteiger partial charge in [-0.1, -0.05) is 25.8 Å². The highest BCUT2D eigenvalue weighted by Gasteiger charge is 2.61. The molecule has 5 heteroatoms. The number of benzene rings is 1. The van der Waals surface area contributed by atoms with Gasteiger partial charge in [0.1, 0.15) is 5.82 Å². The summed E-state index contributed by atoms with van der Waals surface area (Å²) in [7, 11) is 0. The molecular weight excluding hydrogens is 323 g/mol. The normalized spacial score (nSPS) is 28.4. The number of rotatable bonds is 3. The summed E-state index contributed by atoms with van der Waals surface area (Å²) >= 11 is 0. The molecule has 0 bridgehead atoms. The van der Waals surface area contributed by atoms with Crippen molar-refractivity contribution in [1.29, 1.82) is 0 Å². The molecule has 0 aliphatic heterocycles. The Balaban J connectivity index is 1.86. The van der Waals surface area contributed by atoms with Gasteiger partial charge in [0.25, 0.3) is 0 Å². The van der Waals surface area contributed by atoms with Crippen molar-refractivity contribution in [2.24, 2.45) is 5.92 Å². The van der Waals surface area contributed by atoms with E-state index in [9.17, 15) is 22.0 Å².